The summed E-state index contributed by atoms with van der Waals surface area (Å²) in [6.45, 7) is 4.07. The van der Waals surface area contributed by atoms with Crippen LogP contribution in [0.3, 0.4) is 0 Å². The van der Waals surface area contributed by atoms with Crippen molar-refractivity contribution in [2.75, 3.05) is 13.1 Å². The second-order valence-corrected chi connectivity index (χ2v) is 7.51. The second kappa shape index (κ2) is 4.47. The van der Waals surface area contributed by atoms with Gasteiger partial charge in [-0.2, -0.15) is 0 Å². The van der Waals surface area contributed by atoms with Crippen molar-refractivity contribution >= 4 is 5.91 Å². The van der Waals surface area contributed by atoms with Gasteiger partial charge in [0, 0.05) is 12.6 Å². The molecular formula is C16H26N2O. The van der Waals surface area contributed by atoms with Crippen LogP contribution in [-0.4, -0.2) is 25.0 Å². The van der Waals surface area contributed by atoms with Crippen molar-refractivity contribution in [1.29, 1.82) is 0 Å². The van der Waals surface area contributed by atoms with Crippen LogP contribution in [0.2, 0.25) is 0 Å². The molecule has 4 aliphatic rings. The Labute approximate surface area is 115 Å². The van der Waals surface area contributed by atoms with Crippen LogP contribution in [0.15, 0.2) is 0 Å². The van der Waals surface area contributed by atoms with Crippen molar-refractivity contribution < 1.29 is 4.79 Å². The third-order valence-corrected chi connectivity index (χ3v) is 6.61. The zero-order valence-electron chi connectivity index (χ0n) is 11.9. The van der Waals surface area contributed by atoms with Gasteiger partial charge in [0.05, 0.1) is 5.92 Å². The highest BCUT2D eigenvalue weighted by atomic mass is 16.2. The Hall–Kier alpha value is -0.570. The predicted molar refractivity (Wildman–Crippen MR) is 74.5 cm³/mol. The summed E-state index contributed by atoms with van der Waals surface area (Å²) < 4.78 is 0. The maximum Gasteiger partial charge on any atom is 0.224 e. The summed E-state index contributed by atoms with van der Waals surface area (Å²) in [6, 6.07) is 0.504. The standard InChI is InChI=1S/C16H26N2O/c1-9-7-17-8-14(9)16(19)18-15-6-10-5-13(15)12-4-2-3-11(10)12/h9-15,17H,2-8H2,1H3,(H,18,19). The van der Waals surface area contributed by atoms with E-state index in [0.717, 1.165) is 36.8 Å². The molecule has 1 amide bonds. The lowest BCUT2D eigenvalue weighted by Crippen LogP contribution is -2.46. The summed E-state index contributed by atoms with van der Waals surface area (Å²) in [5, 5.41) is 6.75. The highest BCUT2D eigenvalue weighted by Crippen LogP contribution is 2.58. The largest absolute Gasteiger partial charge is 0.353 e. The van der Waals surface area contributed by atoms with E-state index in [1.54, 1.807) is 0 Å². The molecule has 0 aromatic rings. The number of nitrogens with one attached hydrogen (secondary N) is 2. The second-order valence-electron chi connectivity index (χ2n) is 7.51. The van der Waals surface area contributed by atoms with Gasteiger partial charge in [-0.1, -0.05) is 13.3 Å². The molecule has 0 aromatic heterocycles. The first-order valence-electron chi connectivity index (χ1n) is 8.25. The van der Waals surface area contributed by atoms with Crippen molar-refractivity contribution in [3.05, 3.63) is 0 Å². The first-order valence-corrected chi connectivity index (χ1v) is 8.25. The van der Waals surface area contributed by atoms with Crippen LogP contribution in [0, 0.1) is 35.5 Å². The summed E-state index contributed by atoms with van der Waals surface area (Å²) >= 11 is 0. The van der Waals surface area contributed by atoms with E-state index >= 15 is 0 Å². The minimum Gasteiger partial charge on any atom is -0.353 e. The number of fused-ring (bicyclic) bond motifs is 5. The van der Waals surface area contributed by atoms with Gasteiger partial charge in [-0.15, -0.1) is 0 Å². The van der Waals surface area contributed by atoms with E-state index in [2.05, 4.69) is 17.6 Å². The molecule has 106 valence electrons. The molecule has 7 unspecified atom stereocenters. The average molecular weight is 262 g/mol. The minimum atomic E-state index is 0.207. The first kappa shape index (κ1) is 12.2. The average Bonchev–Trinajstić information content (AvgIpc) is 3.07. The van der Waals surface area contributed by atoms with Crippen molar-refractivity contribution in [2.24, 2.45) is 35.5 Å². The zero-order valence-corrected chi connectivity index (χ0v) is 11.9. The van der Waals surface area contributed by atoms with Crippen LogP contribution in [0.1, 0.15) is 39.0 Å². The third-order valence-electron chi connectivity index (χ3n) is 6.61. The summed E-state index contributed by atoms with van der Waals surface area (Å²) in [7, 11) is 0. The number of amides is 1. The Kier molecular flexibility index (Phi) is 2.87. The summed E-state index contributed by atoms with van der Waals surface area (Å²) in [5.41, 5.74) is 0. The van der Waals surface area contributed by atoms with Crippen LogP contribution in [-0.2, 0) is 4.79 Å². The normalized spacial score (nSPS) is 51.5. The van der Waals surface area contributed by atoms with Gasteiger partial charge < -0.3 is 10.6 Å². The topological polar surface area (TPSA) is 41.1 Å². The number of hydrogen-bond donors (Lipinski definition) is 2. The molecule has 2 N–H and O–H groups in total. The number of carbonyl (C=O) groups is 1. The minimum absolute atomic E-state index is 0.207. The van der Waals surface area contributed by atoms with Crippen molar-refractivity contribution in [3.63, 3.8) is 0 Å². The van der Waals surface area contributed by atoms with Crippen molar-refractivity contribution in [1.82, 2.24) is 10.6 Å². The molecule has 4 rings (SSSR count). The number of rotatable bonds is 2. The molecule has 0 radical (unpaired) electrons. The van der Waals surface area contributed by atoms with Gasteiger partial charge in [-0.3, -0.25) is 4.79 Å². The molecule has 3 heteroatoms. The summed E-state index contributed by atoms with van der Waals surface area (Å²) in [5.74, 6) is 4.74. The molecule has 3 aliphatic carbocycles. The van der Waals surface area contributed by atoms with Crippen LogP contribution in [0.4, 0.5) is 0 Å². The predicted octanol–water partition coefficient (Wildman–Crippen LogP) is 1.78. The van der Waals surface area contributed by atoms with Crippen LogP contribution < -0.4 is 10.6 Å². The molecule has 4 fully saturated rings. The summed E-state index contributed by atoms with van der Waals surface area (Å²) in [4.78, 5) is 12.4. The highest BCUT2D eigenvalue weighted by molar-refractivity contribution is 5.80. The molecule has 1 aliphatic heterocycles. The van der Waals surface area contributed by atoms with Gasteiger partial charge in [0.1, 0.15) is 0 Å². The lowest BCUT2D eigenvalue weighted by atomic mass is 9.79. The Morgan fingerprint density at radius 3 is 2.74 bits per heavy atom. The Morgan fingerprint density at radius 1 is 1.11 bits per heavy atom. The smallest absolute Gasteiger partial charge is 0.224 e. The molecule has 2 bridgehead atoms. The van der Waals surface area contributed by atoms with E-state index in [9.17, 15) is 4.79 Å². The molecule has 1 heterocycles. The Morgan fingerprint density at radius 2 is 1.95 bits per heavy atom. The monoisotopic (exact) mass is 262 g/mol. The quantitative estimate of drug-likeness (QED) is 0.796. The fourth-order valence-electron chi connectivity index (χ4n) is 5.68. The van der Waals surface area contributed by atoms with E-state index in [0.29, 0.717) is 17.9 Å². The molecule has 0 aromatic carbocycles. The van der Waals surface area contributed by atoms with Crippen LogP contribution in [0.5, 0.6) is 0 Å². The zero-order chi connectivity index (χ0) is 13.0. The Balaban J connectivity index is 1.40. The van der Waals surface area contributed by atoms with Crippen LogP contribution in [0.25, 0.3) is 0 Å². The molecule has 19 heavy (non-hydrogen) atoms. The van der Waals surface area contributed by atoms with Crippen LogP contribution >= 0.6 is 0 Å². The molecule has 3 saturated carbocycles. The number of hydrogen-bond acceptors (Lipinski definition) is 2. The molecule has 7 atom stereocenters. The molecule has 1 saturated heterocycles. The number of carbonyl (C=O) groups excluding carboxylic acids is 1. The van der Waals surface area contributed by atoms with E-state index in [1.165, 1.54) is 32.1 Å². The van der Waals surface area contributed by atoms with Gasteiger partial charge in [0.2, 0.25) is 5.91 Å². The van der Waals surface area contributed by atoms with E-state index in [-0.39, 0.29) is 5.92 Å². The maximum absolute atomic E-state index is 12.4. The maximum atomic E-state index is 12.4. The third kappa shape index (κ3) is 1.84. The van der Waals surface area contributed by atoms with Crippen molar-refractivity contribution in [2.45, 2.75) is 45.1 Å². The van der Waals surface area contributed by atoms with Gasteiger partial charge in [0.15, 0.2) is 0 Å². The molecular weight excluding hydrogens is 236 g/mol. The highest BCUT2D eigenvalue weighted by Gasteiger charge is 2.54. The van der Waals surface area contributed by atoms with Gasteiger partial charge in [-0.05, 0) is 61.8 Å². The van der Waals surface area contributed by atoms with Gasteiger partial charge >= 0.3 is 0 Å². The Bertz CT molecular complexity index is 383. The van der Waals surface area contributed by atoms with Gasteiger partial charge in [0.25, 0.3) is 0 Å². The lowest BCUT2D eigenvalue weighted by molar-refractivity contribution is -0.126. The molecule has 3 nitrogen and oxygen atoms in total. The lowest BCUT2D eigenvalue weighted by Gasteiger charge is -2.33. The first-order chi connectivity index (χ1) is 9.24. The van der Waals surface area contributed by atoms with Crippen molar-refractivity contribution in [3.8, 4) is 0 Å². The van der Waals surface area contributed by atoms with E-state index in [4.69, 9.17) is 0 Å². The van der Waals surface area contributed by atoms with E-state index < -0.39 is 0 Å². The molecule has 0 spiro atoms. The van der Waals surface area contributed by atoms with Gasteiger partial charge in [-0.25, -0.2) is 0 Å². The SMILES string of the molecule is CC1CNCC1C(=O)NC1CC2CC1C1CCCC21. The fourth-order valence-corrected chi connectivity index (χ4v) is 5.68. The summed E-state index contributed by atoms with van der Waals surface area (Å²) in [6.07, 6.45) is 7.01. The van der Waals surface area contributed by atoms with E-state index in [1.807, 2.05) is 0 Å². The fraction of sp³-hybridized carbons (Fsp3) is 0.938.